The van der Waals surface area contributed by atoms with Crippen LogP contribution in [0.5, 0.6) is 0 Å². The summed E-state index contributed by atoms with van der Waals surface area (Å²) in [7, 11) is 0. The third-order valence-electron chi connectivity index (χ3n) is 1.08. The van der Waals surface area contributed by atoms with Crippen LogP contribution in [-0.2, 0) is 6.42 Å². The lowest BCUT2D eigenvalue weighted by molar-refractivity contribution is -0.127. The Labute approximate surface area is 60.8 Å². The van der Waals surface area contributed by atoms with Crippen molar-refractivity contribution in [3.63, 3.8) is 0 Å². The summed E-state index contributed by atoms with van der Waals surface area (Å²) >= 11 is 0. The first kappa shape index (κ1) is 7.97. The van der Waals surface area contributed by atoms with Gasteiger partial charge >= 0.3 is 6.18 Å². The van der Waals surface area contributed by atoms with Crippen LogP contribution in [0.2, 0.25) is 0 Å². The summed E-state index contributed by atoms with van der Waals surface area (Å²) in [6.07, 6.45) is -4.19. The van der Waals surface area contributed by atoms with Crippen LogP contribution in [0, 0.1) is 0 Å². The van der Waals surface area contributed by atoms with Crippen molar-refractivity contribution >= 4 is 5.88 Å². The second-order valence-electron chi connectivity index (χ2n) is 2.15. The molecule has 11 heavy (non-hydrogen) atoms. The molecule has 1 aromatic heterocycles. The number of alkyl halides is 3. The van der Waals surface area contributed by atoms with Crippen molar-refractivity contribution in [2.75, 3.05) is 5.73 Å². The summed E-state index contributed by atoms with van der Waals surface area (Å²) < 4.78 is 39.5. The fraction of sp³-hybridized carbons (Fsp3) is 0.333. The molecule has 0 atom stereocenters. The number of hydrogen-bond acceptors (Lipinski definition) is 2. The lowest BCUT2D eigenvalue weighted by Crippen LogP contribution is -2.10. The van der Waals surface area contributed by atoms with Crippen molar-refractivity contribution in [3.8, 4) is 0 Å². The SMILES string of the molecule is Nc1cc(CC(F)(F)F)co1. The standard InChI is InChI=1S/C6H6F3NO/c7-6(8,9)2-4-1-5(10)11-3-4/h1,3H,2,10H2. The molecule has 0 saturated heterocycles. The first-order chi connectivity index (χ1) is 4.97. The number of nitrogen functional groups attached to an aromatic ring is 1. The van der Waals surface area contributed by atoms with Gasteiger partial charge in [-0.1, -0.05) is 0 Å². The Hall–Kier alpha value is -1.13. The minimum Gasteiger partial charge on any atom is -0.449 e. The molecular weight excluding hydrogens is 159 g/mol. The van der Waals surface area contributed by atoms with E-state index in [-0.39, 0.29) is 11.4 Å². The summed E-state index contributed by atoms with van der Waals surface area (Å²) in [4.78, 5) is 0. The maximum absolute atomic E-state index is 11.7. The molecule has 0 aliphatic carbocycles. The van der Waals surface area contributed by atoms with Crippen molar-refractivity contribution < 1.29 is 17.6 Å². The number of nitrogens with two attached hydrogens (primary N) is 1. The molecule has 0 amide bonds. The largest absolute Gasteiger partial charge is 0.449 e. The van der Waals surface area contributed by atoms with E-state index in [0.29, 0.717) is 0 Å². The topological polar surface area (TPSA) is 39.2 Å². The van der Waals surface area contributed by atoms with Gasteiger partial charge in [0.15, 0.2) is 5.88 Å². The minimum atomic E-state index is -4.20. The predicted molar refractivity (Wildman–Crippen MR) is 32.9 cm³/mol. The van der Waals surface area contributed by atoms with Gasteiger partial charge in [0.2, 0.25) is 0 Å². The van der Waals surface area contributed by atoms with Gasteiger partial charge in [-0.2, -0.15) is 13.2 Å². The van der Waals surface area contributed by atoms with E-state index in [9.17, 15) is 13.2 Å². The van der Waals surface area contributed by atoms with Gasteiger partial charge in [0.1, 0.15) is 0 Å². The fourth-order valence-corrected chi connectivity index (χ4v) is 0.719. The van der Waals surface area contributed by atoms with Crippen LogP contribution < -0.4 is 5.73 Å². The normalized spacial score (nSPS) is 11.9. The predicted octanol–water partition coefficient (Wildman–Crippen LogP) is 1.97. The van der Waals surface area contributed by atoms with E-state index in [1.54, 1.807) is 0 Å². The van der Waals surface area contributed by atoms with Crippen LogP contribution in [0.4, 0.5) is 19.1 Å². The molecule has 0 bridgehead atoms. The lowest BCUT2D eigenvalue weighted by atomic mass is 10.2. The molecule has 62 valence electrons. The molecule has 1 aromatic rings. The van der Waals surface area contributed by atoms with Gasteiger partial charge in [-0.3, -0.25) is 0 Å². The highest BCUT2D eigenvalue weighted by atomic mass is 19.4. The molecule has 1 heterocycles. The molecule has 0 aliphatic heterocycles. The quantitative estimate of drug-likeness (QED) is 0.690. The van der Waals surface area contributed by atoms with Gasteiger partial charge in [-0.15, -0.1) is 0 Å². The molecular formula is C6H6F3NO. The molecule has 0 fully saturated rings. The molecule has 2 N–H and O–H groups in total. The highest BCUT2D eigenvalue weighted by molar-refractivity contribution is 5.28. The number of rotatable bonds is 1. The van der Waals surface area contributed by atoms with Gasteiger partial charge in [0, 0.05) is 11.6 Å². The molecule has 0 unspecified atom stereocenters. The molecule has 2 nitrogen and oxygen atoms in total. The zero-order valence-electron chi connectivity index (χ0n) is 5.48. The lowest BCUT2D eigenvalue weighted by Gasteiger charge is -2.01. The summed E-state index contributed by atoms with van der Waals surface area (Å²) in [5.41, 5.74) is 5.11. The molecule has 0 spiro atoms. The van der Waals surface area contributed by atoms with Crippen molar-refractivity contribution in [2.45, 2.75) is 12.6 Å². The third-order valence-corrected chi connectivity index (χ3v) is 1.08. The van der Waals surface area contributed by atoms with E-state index in [0.717, 1.165) is 12.3 Å². The second-order valence-corrected chi connectivity index (χ2v) is 2.15. The van der Waals surface area contributed by atoms with Crippen molar-refractivity contribution in [3.05, 3.63) is 17.9 Å². The second kappa shape index (κ2) is 2.48. The van der Waals surface area contributed by atoms with Crippen molar-refractivity contribution in [2.24, 2.45) is 0 Å². The average molecular weight is 165 g/mol. The fourth-order valence-electron chi connectivity index (χ4n) is 0.719. The van der Waals surface area contributed by atoms with Gasteiger partial charge in [0.25, 0.3) is 0 Å². The Morgan fingerprint density at radius 3 is 2.45 bits per heavy atom. The van der Waals surface area contributed by atoms with Gasteiger partial charge < -0.3 is 10.2 Å². The molecule has 0 radical (unpaired) electrons. The number of hydrogen-bond donors (Lipinski definition) is 1. The summed E-state index contributed by atoms with van der Waals surface area (Å²) in [5.74, 6) is 0.00394. The Balaban J connectivity index is 2.65. The zero-order chi connectivity index (χ0) is 8.48. The van der Waals surface area contributed by atoms with Gasteiger partial charge in [-0.05, 0) is 0 Å². The monoisotopic (exact) mass is 165 g/mol. The highest BCUT2D eigenvalue weighted by Crippen LogP contribution is 2.22. The van der Waals surface area contributed by atoms with E-state index >= 15 is 0 Å². The highest BCUT2D eigenvalue weighted by Gasteiger charge is 2.28. The van der Waals surface area contributed by atoms with E-state index < -0.39 is 12.6 Å². The van der Waals surface area contributed by atoms with Crippen LogP contribution >= 0.6 is 0 Å². The van der Waals surface area contributed by atoms with Gasteiger partial charge in [-0.25, -0.2) is 0 Å². The van der Waals surface area contributed by atoms with Crippen LogP contribution in [-0.4, -0.2) is 6.18 Å². The average Bonchev–Trinajstić information content (AvgIpc) is 2.10. The van der Waals surface area contributed by atoms with E-state index in [1.165, 1.54) is 0 Å². The number of anilines is 1. The molecule has 1 rings (SSSR count). The minimum absolute atomic E-state index is 0.00394. The molecule has 0 saturated carbocycles. The van der Waals surface area contributed by atoms with Crippen LogP contribution in [0.15, 0.2) is 16.7 Å². The maximum Gasteiger partial charge on any atom is 0.393 e. The Bertz CT molecular complexity index is 240. The van der Waals surface area contributed by atoms with Crippen molar-refractivity contribution in [1.82, 2.24) is 0 Å². The van der Waals surface area contributed by atoms with Crippen molar-refractivity contribution in [1.29, 1.82) is 0 Å². The summed E-state index contributed by atoms with van der Waals surface area (Å²) in [6, 6.07) is 1.16. The number of halogens is 3. The third kappa shape index (κ3) is 2.53. The first-order valence-corrected chi connectivity index (χ1v) is 2.87. The van der Waals surface area contributed by atoms with Gasteiger partial charge in [0.05, 0.1) is 12.7 Å². The molecule has 5 heteroatoms. The molecule has 0 aliphatic rings. The number of furan rings is 1. The Morgan fingerprint density at radius 2 is 2.09 bits per heavy atom. The Morgan fingerprint density at radius 1 is 1.45 bits per heavy atom. The first-order valence-electron chi connectivity index (χ1n) is 2.87. The zero-order valence-corrected chi connectivity index (χ0v) is 5.48. The van der Waals surface area contributed by atoms with Crippen LogP contribution in [0.1, 0.15) is 5.56 Å². The van der Waals surface area contributed by atoms with Crippen LogP contribution in [0.3, 0.4) is 0 Å². The van der Waals surface area contributed by atoms with E-state index in [2.05, 4.69) is 4.42 Å². The van der Waals surface area contributed by atoms with E-state index in [4.69, 9.17) is 5.73 Å². The smallest absolute Gasteiger partial charge is 0.393 e. The summed E-state index contributed by atoms with van der Waals surface area (Å²) in [6.45, 7) is 0. The molecule has 0 aromatic carbocycles. The van der Waals surface area contributed by atoms with E-state index in [1.807, 2.05) is 0 Å². The maximum atomic E-state index is 11.7. The van der Waals surface area contributed by atoms with Crippen LogP contribution in [0.25, 0.3) is 0 Å². The Kier molecular flexibility index (Phi) is 1.80. The summed E-state index contributed by atoms with van der Waals surface area (Å²) in [5, 5.41) is 0.